The zero-order valence-corrected chi connectivity index (χ0v) is 18.6. The highest BCUT2D eigenvalue weighted by Crippen LogP contribution is 2.38. The molecule has 0 unspecified atom stereocenters. The number of sulfone groups is 1. The van der Waals surface area contributed by atoms with Gasteiger partial charge in [-0.2, -0.15) is 0 Å². The highest BCUT2D eigenvalue weighted by Gasteiger charge is 2.48. The van der Waals surface area contributed by atoms with Gasteiger partial charge in [-0.3, -0.25) is 19.2 Å². The average Bonchev–Trinajstić information content (AvgIpc) is 3.09. The lowest BCUT2D eigenvalue weighted by Crippen LogP contribution is -2.34. The molecule has 31 heavy (non-hydrogen) atoms. The molecule has 4 rings (SSSR count). The molecule has 1 saturated heterocycles. The van der Waals surface area contributed by atoms with Crippen LogP contribution in [0.25, 0.3) is 5.69 Å². The second kappa shape index (κ2) is 7.42. The summed E-state index contributed by atoms with van der Waals surface area (Å²) in [6.07, 6.45) is 0. The zero-order valence-electron chi connectivity index (χ0n) is 17.8. The fourth-order valence-corrected chi connectivity index (χ4v) is 5.74. The van der Waals surface area contributed by atoms with Gasteiger partial charge in [-0.1, -0.05) is 30.3 Å². The van der Waals surface area contributed by atoms with Crippen molar-refractivity contribution in [3.05, 3.63) is 76.2 Å². The van der Waals surface area contributed by atoms with E-state index in [2.05, 4.69) is 0 Å². The first-order chi connectivity index (χ1) is 14.6. The SMILES string of the molecule is Cc1c(N2C(=O)CS(=O)(=O)[C@@H]2c2ccc(N(C)C)cc2)c(=O)n(-c2ccccc2)n1C. The van der Waals surface area contributed by atoms with Gasteiger partial charge in [0.1, 0.15) is 11.4 Å². The second-order valence-corrected chi connectivity index (χ2v) is 9.88. The van der Waals surface area contributed by atoms with Gasteiger partial charge in [0, 0.05) is 26.8 Å². The fraction of sp³-hybridized carbons (Fsp3) is 0.273. The predicted octanol–water partition coefficient (Wildman–Crippen LogP) is 2.01. The first-order valence-corrected chi connectivity index (χ1v) is 11.5. The van der Waals surface area contributed by atoms with Gasteiger partial charge in [0.05, 0.1) is 11.4 Å². The molecule has 0 spiro atoms. The van der Waals surface area contributed by atoms with Crippen LogP contribution in [0.3, 0.4) is 0 Å². The highest BCUT2D eigenvalue weighted by molar-refractivity contribution is 7.93. The van der Waals surface area contributed by atoms with Crippen molar-refractivity contribution in [3.63, 3.8) is 0 Å². The summed E-state index contributed by atoms with van der Waals surface area (Å²) in [5.41, 5.74) is 2.13. The minimum Gasteiger partial charge on any atom is -0.378 e. The van der Waals surface area contributed by atoms with Gasteiger partial charge < -0.3 is 4.90 Å². The molecule has 1 fully saturated rings. The van der Waals surface area contributed by atoms with Crippen LogP contribution in [0.5, 0.6) is 0 Å². The van der Waals surface area contributed by atoms with Gasteiger partial charge in [0.25, 0.3) is 5.56 Å². The van der Waals surface area contributed by atoms with Crippen molar-refractivity contribution >= 4 is 27.1 Å². The Labute approximate surface area is 180 Å². The Morgan fingerprint density at radius 1 is 0.968 bits per heavy atom. The molecule has 162 valence electrons. The molecule has 1 atom stereocenters. The van der Waals surface area contributed by atoms with Gasteiger partial charge in [-0.05, 0) is 36.8 Å². The molecule has 1 aliphatic heterocycles. The first kappa shape index (κ1) is 20.9. The smallest absolute Gasteiger partial charge is 0.295 e. The molecule has 1 aliphatic rings. The monoisotopic (exact) mass is 440 g/mol. The van der Waals surface area contributed by atoms with Gasteiger partial charge in [-0.25, -0.2) is 13.1 Å². The average molecular weight is 441 g/mol. The summed E-state index contributed by atoms with van der Waals surface area (Å²) in [6.45, 7) is 1.71. The van der Waals surface area contributed by atoms with Crippen molar-refractivity contribution < 1.29 is 13.2 Å². The number of carbonyl (C=O) groups excluding carboxylic acids is 1. The van der Waals surface area contributed by atoms with E-state index >= 15 is 0 Å². The molecule has 0 radical (unpaired) electrons. The third-order valence-corrected chi connectivity index (χ3v) is 7.44. The normalized spacial score (nSPS) is 17.9. The van der Waals surface area contributed by atoms with Crippen molar-refractivity contribution in [3.8, 4) is 5.69 Å². The van der Waals surface area contributed by atoms with Crippen LogP contribution in [0.4, 0.5) is 11.4 Å². The minimum atomic E-state index is -3.82. The predicted molar refractivity (Wildman–Crippen MR) is 121 cm³/mol. The summed E-state index contributed by atoms with van der Waals surface area (Å²) < 4.78 is 29.0. The Hall–Kier alpha value is -3.33. The van der Waals surface area contributed by atoms with Crippen LogP contribution < -0.4 is 15.4 Å². The molecule has 0 bridgehead atoms. The molecule has 0 N–H and O–H groups in total. The number of nitrogens with zero attached hydrogens (tertiary/aromatic N) is 4. The van der Waals surface area contributed by atoms with Gasteiger partial charge in [0.15, 0.2) is 15.2 Å². The summed E-state index contributed by atoms with van der Waals surface area (Å²) in [6, 6.07) is 16.0. The van der Waals surface area contributed by atoms with E-state index in [1.165, 1.54) is 4.68 Å². The maximum Gasteiger partial charge on any atom is 0.295 e. The van der Waals surface area contributed by atoms with Gasteiger partial charge in [0.2, 0.25) is 5.91 Å². The quantitative estimate of drug-likeness (QED) is 0.620. The van der Waals surface area contributed by atoms with Crippen LogP contribution in [0.15, 0.2) is 59.4 Å². The number of anilines is 2. The van der Waals surface area contributed by atoms with Crippen LogP contribution in [-0.2, 0) is 21.7 Å². The minimum absolute atomic E-state index is 0.0825. The summed E-state index contributed by atoms with van der Waals surface area (Å²) in [7, 11) is 1.67. The van der Waals surface area contributed by atoms with Crippen molar-refractivity contribution in [2.24, 2.45) is 7.05 Å². The maximum atomic E-state index is 13.4. The van der Waals surface area contributed by atoms with E-state index in [0.717, 1.165) is 10.6 Å². The number of amides is 1. The topological polar surface area (TPSA) is 84.6 Å². The molecular formula is C22H24N4O4S. The molecular weight excluding hydrogens is 416 g/mol. The molecule has 3 aromatic rings. The lowest BCUT2D eigenvalue weighted by Gasteiger charge is -2.23. The molecule has 0 saturated carbocycles. The molecule has 1 aromatic heterocycles. The lowest BCUT2D eigenvalue weighted by molar-refractivity contribution is -0.115. The summed E-state index contributed by atoms with van der Waals surface area (Å²) >= 11 is 0. The molecule has 8 nitrogen and oxygen atoms in total. The number of rotatable bonds is 4. The summed E-state index contributed by atoms with van der Waals surface area (Å²) in [4.78, 5) is 29.4. The summed E-state index contributed by atoms with van der Waals surface area (Å²) in [5, 5.41) is -1.24. The summed E-state index contributed by atoms with van der Waals surface area (Å²) in [5.74, 6) is -1.24. The highest BCUT2D eigenvalue weighted by atomic mass is 32.2. The lowest BCUT2D eigenvalue weighted by atomic mass is 10.1. The molecule has 2 heterocycles. The number of para-hydroxylation sites is 1. The largest absolute Gasteiger partial charge is 0.378 e. The second-order valence-electron chi connectivity index (χ2n) is 7.82. The van der Waals surface area contributed by atoms with Crippen LogP contribution >= 0.6 is 0 Å². The molecule has 1 amide bonds. The Balaban J connectivity index is 1.90. The van der Waals surface area contributed by atoms with Crippen molar-refractivity contribution in [2.75, 3.05) is 29.6 Å². The number of aromatic nitrogens is 2. The Bertz CT molecular complexity index is 1310. The van der Waals surface area contributed by atoms with E-state index in [0.29, 0.717) is 16.9 Å². The van der Waals surface area contributed by atoms with Crippen LogP contribution in [0, 0.1) is 6.92 Å². The fourth-order valence-electron chi connectivity index (χ4n) is 3.98. The van der Waals surface area contributed by atoms with Crippen LogP contribution in [0.2, 0.25) is 0 Å². The Morgan fingerprint density at radius 2 is 1.58 bits per heavy atom. The van der Waals surface area contributed by atoms with E-state index in [-0.39, 0.29) is 5.69 Å². The van der Waals surface area contributed by atoms with Crippen LogP contribution in [-0.4, -0.2) is 43.5 Å². The van der Waals surface area contributed by atoms with E-state index in [9.17, 15) is 18.0 Å². The Morgan fingerprint density at radius 3 is 2.16 bits per heavy atom. The maximum absolute atomic E-state index is 13.4. The van der Waals surface area contributed by atoms with Crippen molar-refractivity contribution in [1.29, 1.82) is 0 Å². The van der Waals surface area contributed by atoms with E-state index in [4.69, 9.17) is 0 Å². The van der Waals surface area contributed by atoms with Crippen molar-refractivity contribution in [1.82, 2.24) is 9.36 Å². The van der Waals surface area contributed by atoms with Crippen molar-refractivity contribution in [2.45, 2.75) is 12.3 Å². The Kier molecular flexibility index (Phi) is 5.01. The molecule has 0 aliphatic carbocycles. The van der Waals surface area contributed by atoms with Crippen LogP contribution in [0.1, 0.15) is 16.6 Å². The molecule has 9 heteroatoms. The molecule has 2 aromatic carbocycles. The number of carbonyl (C=O) groups is 1. The van der Waals surface area contributed by atoms with E-state index < -0.39 is 32.4 Å². The van der Waals surface area contributed by atoms with E-state index in [1.807, 2.05) is 37.2 Å². The van der Waals surface area contributed by atoms with E-state index in [1.54, 1.807) is 55.1 Å². The third-order valence-electron chi connectivity index (χ3n) is 5.63. The number of benzene rings is 2. The van der Waals surface area contributed by atoms with Gasteiger partial charge >= 0.3 is 0 Å². The first-order valence-electron chi connectivity index (χ1n) is 9.78. The third kappa shape index (κ3) is 3.34. The number of hydrogen-bond donors (Lipinski definition) is 0. The standard InChI is InChI=1S/C22H24N4O4S/c1-15-20(21(28)26(24(15)4)18-8-6-5-7-9-18)25-19(27)14-31(29,30)22(25)16-10-12-17(13-11-16)23(2)3/h5-13,22H,14H2,1-4H3/t22-/m1/s1. The van der Waals surface area contributed by atoms with Gasteiger partial charge in [-0.15, -0.1) is 0 Å². The number of hydrogen-bond acceptors (Lipinski definition) is 5. The zero-order chi connectivity index (χ0) is 22.5.